The van der Waals surface area contributed by atoms with Gasteiger partial charge in [-0.05, 0) is 54.1 Å². The maximum Gasteiger partial charge on any atom is 0.251 e. The van der Waals surface area contributed by atoms with E-state index < -0.39 is 0 Å². The number of carbonyl (C=O) groups excluding carboxylic acids is 1. The van der Waals surface area contributed by atoms with Crippen molar-refractivity contribution in [3.8, 4) is 0 Å². The molecule has 9 heteroatoms. The smallest absolute Gasteiger partial charge is 0.251 e. The van der Waals surface area contributed by atoms with Gasteiger partial charge in [-0.2, -0.15) is 9.61 Å². The lowest BCUT2D eigenvalue weighted by molar-refractivity contribution is 0.0954. The minimum Gasteiger partial charge on any atom is -0.352 e. The van der Waals surface area contributed by atoms with E-state index in [2.05, 4.69) is 48.7 Å². The van der Waals surface area contributed by atoms with Crippen LogP contribution in [0.15, 0.2) is 70.2 Å². The molecule has 0 radical (unpaired) electrons. The number of carbonyl (C=O) groups is 1. The highest BCUT2D eigenvalue weighted by Crippen LogP contribution is 2.22. The van der Waals surface area contributed by atoms with Crippen LogP contribution in [0.3, 0.4) is 0 Å². The molecule has 0 aliphatic heterocycles. The van der Waals surface area contributed by atoms with Crippen molar-refractivity contribution in [3.05, 3.63) is 87.9 Å². The van der Waals surface area contributed by atoms with Gasteiger partial charge in [0.2, 0.25) is 0 Å². The number of thioether (sulfide) groups is 1. The zero-order valence-electron chi connectivity index (χ0n) is 15.8. The fraction of sp³-hybridized carbons (Fsp3) is 0.143. The standard InChI is InChI=1S/C21H17BrFN5OS/c22-16-5-1-14(2-6-16)13-30-20-10-9-18-25-26-19(28(18)27-20)11-12-24-21(29)15-3-7-17(23)8-4-15/h1-10H,11-13H2,(H,24,29). The van der Waals surface area contributed by atoms with Gasteiger partial charge in [-0.1, -0.05) is 39.8 Å². The normalized spacial score (nSPS) is 11.0. The van der Waals surface area contributed by atoms with E-state index in [-0.39, 0.29) is 11.7 Å². The van der Waals surface area contributed by atoms with Crippen molar-refractivity contribution in [2.45, 2.75) is 17.2 Å². The van der Waals surface area contributed by atoms with Gasteiger partial charge in [0.05, 0.1) is 0 Å². The number of halogens is 2. The van der Waals surface area contributed by atoms with Crippen molar-refractivity contribution in [2.24, 2.45) is 0 Å². The summed E-state index contributed by atoms with van der Waals surface area (Å²) < 4.78 is 15.7. The Morgan fingerprint density at radius 2 is 1.80 bits per heavy atom. The Hall–Kier alpha value is -2.78. The van der Waals surface area contributed by atoms with Crippen molar-refractivity contribution in [1.29, 1.82) is 0 Å². The van der Waals surface area contributed by atoms with Crippen molar-refractivity contribution in [1.82, 2.24) is 25.1 Å². The zero-order valence-corrected chi connectivity index (χ0v) is 18.2. The summed E-state index contributed by atoms with van der Waals surface area (Å²) in [5.41, 5.74) is 2.27. The van der Waals surface area contributed by atoms with Gasteiger partial charge in [0.1, 0.15) is 10.8 Å². The Labute approximate surface area is 185 Å². The summed E-state index contributed by atoms with van der Waals surface area (Å²) in [6, 6.07) is 17.4. The summed E-state index contributed by atoms with van der Waals surface area (Å²) >= 11 is 5.07. The monoisotopic (exact) mass is 485 g/mol. The van der Waals surface area contributed by atoms with E-state index in [0.717, 1.165) is 15.3 Å². The van der Waals surface area contributed by atoms with Crippen LogP contribution in [-0.4, -0.2) is 32.3 Å². The quantitative estimate of drug-likeness (QED) is 0.395. The molecule has 0 spiro atoms. The van der Waals surface area contributed by atoms with E-state index >= 15 is 0 Å². The van der Waals surface area contributed by atoms with Crippen LogP contribution in [0, 0.1) is 5.82 Å². The highest BCUT2D eigenvalue weighted by molar-refractivity contribution is 9.10. The number of nitrogens with zero attached hydrogens (tertiary/aromatic N) is 4. The number of rotatable bonds is 7. The van der Waals surface area contributed by atoms with Gasteiger partial charge in [0.15, 0.2) is 11.5 Å². The summed E-state index contributed by atoms with van der Waals surface area (Å²) in [5.74, 6) is 0.830. The molecule has 0 bridgehead atoms. The summed E-state index contributed by atoms with van der Waals surface area (Å²) in [6.45, 7) is 0.370. The molecule has 0 unspecified atom stereocenters. The van der Waals surface area contributed by atoms with Crippen LogP contribution in [0.1, 0.15) is 21.7 Å². The molecule has 0 fully saturated rings. The molecule has 6 nitrogen and oxygen atoms in total. The average Bonchev–Trinajstić information content (AvgIpc) is 3.16. The maximum absolute atomic E-state index is 13.0. The molecule has 0 saturated heterocycles. The first kappa shape index (κ1) is 20.5. The third-order valence-corrected chi connectivity index (χ3v) is 5.86. The van der Waals surface area contributed by atoms with E-state index in [0.29, 0.717) is 30.0 Å². The molecule has 0 aliphatic carbocycles. The number of hydrogen-bond donors (Lipinski definition) is 1. The lowest BCUT2D eigenvalue weighted by atomic mass is 10.2. The van der Waals surface area contributed by atoms with Crippen LogP contribution in [0.25, 0.3) is 5.65 Å². The lowest BCUT2D eigenvalue weighted by Gasteiger charge is -2.05. The van der Waals surface area contributed by atoms with Gasteiger partial charge >= 0.3 is 0 Å². The van der Waals surface area contributed by atoms with E-state index in [9.17, 15) is 9.18 Å². The molecule has 0 saturated carbocycles. The highest BCUT2D eigenvalue weighted by atomic mass is 79.9. The molecule has 152 valence electrons. The Morgan fingerprint density at radius 3 is 2.57 bits per heavy atom. The predicted octanol–water partition coefficient (Wildman–Crippen LogP) is 4.29. The first-order chi connectivity index (χ1) is 14.6. The number of amides is 1. The molecule has 30 heavy (non-hydrogen) atoms. The fourth-order valence-electron chi connectivity index (χ4n) is 2.78. The van der Waals surface area contributed by atoms with E-state index in [4.69, 9.17) is 0 Å². The Bertz CT molecular complexity index is 1160. The Morgan fingerprint density at radius 1 is 1.03 bits per heavy atom. The molecule has 2 aromatic heterocycles. The minimum absolute atomic E-state index is 0.262. The molecule has 0 atom stereocenters. The van der Waals surface area contributed by atoms with Gasteiger partial charge in [0, 0.05) is 28.8 Å². The van der Waals surface area contributed by atoms with Crippen molar-refractivity contribution >= 4 is 39.2 Å². The molecule has 1 N–H and O–H groups in total. The van der Waals surface area contributed by atoms with E-state index in [1.54, 1.807) is 16.3 Å². The van der Waals surface area contributed by atoms with Crippen LogP contribution in [0.5, 0.6) is 0 Å². The van der Waals surface area contributed by atoms with Crippen LogP contribution in [0.4, 0.5) is 4.39 Å². The van der Waals surface area contributed by atoms with Crippen molar-refractivity contribution in [3.63, 3.8) is 0 Å². The number of fused-ring (bicyclic) bond motifs is 1. The average molecular weight is 486 g/mol. The van der Waals surface area contributed by atoms with E-state index in [1.807, 2.05) is 24.3 Å². The zero-order chi connectivity index (χ0) is 20.9. The van der Waals surface area contributed by atoms with Gasteiger partial charge in [-0.25, -0.2) is 4.39 Å². The fourth-order valence-corrected chi connectivity index (χ4v) is 3.85. The van der Waals surface area contributed by atoms with Crippen LogP contribution in [0.2, 0.25) is 0 Å². The molecule has 2 heterocycles. The second kappa shape index (κ2) is 9.36. The molecule has 2 aromatic carbocycles. The van der Waals surface area contributed by atoms with Crippen LogP contribution < -0.4 is 5.32 Å². The molecule has 4 rings (SSSR count). The third-order valence-electron chi connectivity index (χ3n) is 4.34. The van der Waals surface area contributed by atoms with Gasteiger partial charge in [-0.3, -0.25) is 4.79 Å². The topological polar surface area (TPSA) is 72.2 Å². The number of hydrogen-bond acceptors (Lipinski definition) is 5. The Balaban J connectivity index is 1.38. The summed E-state index contributed by atoms with van der Waals surface area (Å²) in [4.78, 5) is 12.1. The highest BCUT2D eigenvalue weighted by Gasteiger charge is 2.10. The van der Waals surface area contributed by atoms with Gasteiger partial charge in [0.25, 0.3) is 5.91 Å². The lowest BCUT2D eigenvalue weighted by Crippen LogP contribution is -2.26. The Kier molecular flexibility index (Phi) is 6.39. The summed E-state index contributed by atoms with van der Waals surface area (Å²) in [5, 5.41) is 16.6. The predicted molar refractivity (Wildman–Crippen MR) is 117 cm³/mol. The third kappa shape index (κ3) is 5.03. The van der Waals surface area contributed by atoms with Crippen molar-refractivity contribution in [2.75, 3.05) is 6.54 Å². The number of nitrogens with one attached hydrogen (secondary N) is 1. The molecule has 0 aliphatic rings. The van der Waals surface area contributed by atoms with Crippen LogP contribution >= 0.6 is 27.7 Å². The van der Waals surface area contributed by atoms with Gasteiger partial charge in [-0.15, -0.1) is 10.2 Å². The van der Waals surface area contributed by atoms with E-state index in [1.165, 1.54) is 29.8 Å². The molecular formula is C21H17BrFN5OS. The number of benzene rings is 2. The molecule has 1 amide bonds. The summed E-state index contributed by atoms with van der Waals surface area (Å²) in [7, 11) is 0. The summed E-state index contributed by atoms with van der Waals surface area (Å²) in [6.07, 6.45) is 0.474. The molecular weight excluding hydrogens is 469 g/mol. The largest absolute Gasteiger partial charge is 0.352 e. The number of aromatic nitrogens is 4. The first-order valence-electron chi connectivity index (χ1n) is 9.21. The van der Waals surface area contributed by atoms with Gasteiger partial charge < -0.3 is 5.32 Å². The van der Waals surface area contributed by atoms with Crippen molar-refractivity contribution < 1.29 is 9.18 Å². The SMILES string of the molecule is O=C(NCCc1nnc2ccc(SCc3ccc(Br)cc3)nn12)c1ccc(F)cc1. The first-order valence-corrected chi connectivity index (χ1v) is 11.0. The second-order valence-corrected chi connectivity index (χ2v) is 8.40. The van der Waals surface area contributed by atoms with Crippen LogP contribution in [-0.2, 0) is 12.2 Å². The maximum atomic E-state index is 13.0. The second-order valence-electron chi connectivity index (χ2n) is 6.49. The minimum atomic E-state index is -0.374. The molecule has 4 aromatic rings.